The van der Waals surface area contributed by atoms with E-state index in [4.69, 9.17) is 9.84 Å². The van der Waals surface area contributed by atoms with Crippen LogP contribution in [0.15, 0.2) is 78.9 Å². The van der Waals surface area contributed by atoms with Crippen LogP contribution in [-0.4, -0.2) is 107 Å². The smallest absolute Gasteiger partial charge is 0.403 e. The minimum atomic E-state index is -4.97. The summed E-state index contributed by atoms with van der Waals surface area (Å²) in [6, 6.07) is 15.4. The Kier molecular flexibility index (Phi) is 16.1. The van der Waals surface area contributed by atoms with E-state index in [1.165, 1.54) is 54.6 Å². The molecule has 0 bridgehead atoms. The molecule has 1 unspecified atom stereocenters. The number of hydrogen-bond acceptors (Lipinski definition) is 13. The van der Waals surface area contributed by atoms with Crippen LogP contribution < -0.4 is 25.8 Å². The number of carboxylic acids is 4. The Labute approximate surface area is 367 Å². The normalized spacial score (nSPS) is 13.7. The van der Waals surface area contributed by atoms with E-state index in [-0.39, 0.29) is 70.2 Å². The molecule has 1 aliphatic rings. The number of ether oxygens (including phenoxy) is 1. The molecule has 1 aliphatic heterocycles. The zero-order valence-corrected chi connectivity index (χ0v) is 35.0. The molecule has 3 amide bonds. The molecule has 5 rings (SSSR count). The van der Waals surface area contributed by atoms with E-state index in [0.717, 1.165) is 11.8 Å². The number of aromatic hydroxyl groups is 2. The van der Waals surface area contributed by atoms with Crippen molar-refractivity contribution in [1.29, 1.82) is 0 Å². The van der Waals surface area contributed by atoms with Crippen LogP contribution in [0.5, 0.6) is 23.0 Å². The number of phenolic OH excluding ortho intramolecular Hbond substituents is 2. The van der Waals surface area contributed by atoms with Crippen molar-refractivity contribution in [3.05, 3.63) is 112 Å². The average Bonchev–Trinajstić information content (AvgIpc) is 3.23. The van der Waals surface area contributed by atoms with E-state index in [1.807, 2.05) is 0 Å². The number of benzene rings is 4. The molecule has 11 N–H and O–H groups in total. The number of carbonyl (C=O) groups excluding carboxylic acids is 3. The first-order valence-corrected chi connectivity index (χ1v) is 21.7. The van der Waals surface area contributed by atoms with Crippen LogP contribution in [0.25, 0.3) is 0 Å². The Morgan fingerprint density at radius 3 is 1.94 bits per heavy atom. The van der Waals surface area contributed by atoms with Gasteiger partial charge in [-0.15, -0.1) is 0 Å². The number of carbonyl (C=O) groups is 7. The van der Waals surface area contributed by atoms with Crippen LogP contribution in [0.3, 0.4) is 0 Å². The van der Waals surface area contributed by atoms with Gasteiger partial charge < -0.3 is 56.2 Å². The van der Waals surface area contributed by atoms with Crippen molar-refractivity contribution >= 4 is 66.8 Å². The maximum Gasteiger partial charge on any atom is 0.403 e. The van der Waals surface area contributed by atoms with Gasteiger partial charge in [0.2, 0.25) is 11.8 Å². The second-order valence-corrected chi connectivity index (χ2v) is 16.7. The largest absolute Gasteiger partial charge is 0.508 e. The van der Waals surface area contributed by atoms with Crippen molar-refractivity contribution in [2.24, 2.45) is 0 Å². The maximum absolute atomic E-state index is 12.8. The Morgan fingerprint density at radius 1 is 0.750 bits per heavy atom. The predicted molar refractivity (Wildman–Crippen MR) is 226 cm³/mol. The van der Waals surface area contributed by atoms with Gasteiger partial charge in [0, 0.05) is 65.6 Å². The molecule has 4 aromatic carbocycles. The SMILES string of the molecule is O=C(O)CC[C@H](NP(=O)(O)OC[C@H](NC(=O)c1ccc(CNC(=O)CCSCC(=O)Nc2ccc(C3c4ccc(O)cc4Oc4cc(O)ccc43)c(C(=O)O)c2)cc1)C(=O)O)C(=O)O. The number of anilines is 1. The fourth-order valence-electron chi connectivity index (χ4n) is 6.32. The summed E-state index contributed by atoms with van der Waals surface area (Å²) in [5.74, 6) is -7.64. The van der Waals surface area contributed by atoms with Crippen molar-refractivity contribution in [2.45, 2.75) is 43.8 Å². The fraction of sp³-hybridized carbons (Fsp3) is 0.244. The Morgan fingerprint density at radius 2 is 1.36 bits per heavy atom. The van der Waals surface area contributed by atoms with Crippen LogP contribution >= 0.6 is 19.5 Å². The minimum Gasteiger partial charge on any atom is -0.508 e. The molecular formula is C41H41N4O17PS. The number of aromatic carboxylic acids is 1. The van der Waals surface area contributed by atoms with E-state index in [9.17, 15) is 68.6 Å². The lowest BCUT2D eigenvalue weighted by molar-refractivity contribution is -0.142. The summed E-state index contributed by atoms with van der Waals surface area (Å²) in [6.07, 6.45) is -1.19. The van der Waals surface area contributed by atoms with Crippen molar-refractivity contribution in [1.82, 2.24) is 15.7 Å². The van der Waals surface area contributed by atoms with E-state index >= 15 is 0 Å². The standard InChI is InChI=1S/C41H41N4O17PS/c46-24-6-9-27-32(16-24)62-33-17-25(47)7-10-28(33)37(27)26-8-5-23(15-29(26)39(53)54)43-35(49)20-64-14-13-34(48)42-18-21-1-3-22(4-2-21)38(52)44-31(41(57)58)19-61-63(59,60)45-30(40(55)56)11-12-36(50)51/h1-10,15-17,30-31,37,46-47H,11-14,18-20H2,(H,42,48)(H,43,49)(H,44,52)(H,50,51)(H,53,54)(H,55,56)(H,57,58)(H2,45,59,60)/t30-,31-/m0/s1. The molecule has 0 aromatic heterocycles. The van der Waals surface area contributed by atoms with Gasteiger partial charge in [0.25, 0.3) is 5.91 Å². The molecule has 64 heavy (non-hydrogen) atoms. The van der Waals surface area contributed by atoms with Crippen LogP contribution in [0.2, 0.25) is 0 Å². The molecular weight excluding hydrogens is 884 g/mol. The molecule has 1 heterocycles. The van der Waals surface area contributed by atoms with Crippen molar-refractivity contribution in [3.8, 4) is 23.0 Å². The minimum absolute atomic E-state index is 0.0179. The Bertz CT molecular complexity index is 2450. The molecule has 4 aromatic rings. The number of aliphatic carboxylic acids is 3. The number of hydrogen-bond donors (Lipinski definition) is 11. The summed E-state index contributed by atoms with van der Waals surface area (Å²) in [4.78, 5) is 94.3. The van der Waals surface area contributed by atoms with Gasteiger partial charge in [0.05, 0.1) is 17.9 Å². The van der Waals surface area contributed by atoms with E-state index in [1.54, 1.807) is 29.4 Å². The third kappa shape index (κ3) is 13.3. The highest BCUT2D eigenvalue weighted by atomic mass is 32.2. The monoisotopic (exact) mass is 924 g/mol. The summed E-state index contributed by atoms with van der Waals surface area (Å²) >= 11 is 1.16. The number of rotatable bonds is 22. The number of nitrogens with one attached hydrogen (secondary N) is 4. The summed E-state index contributed by atoms with van der Waals surface area (Å²) in [5.41, 5.74) is 2.21. The fourth-order valence-corrected chi connectivity index (χ4v) is 8.11. The number of carboxylic acid groups (broad SMARTS) is 4. The first-order chi connectivity index (χ1) is 30.3. The zero-order valence-electron chi connectivity index (χ0n) is 33.3. The van der Waals surface area contributed by atoms with Crippen molar-refractivity contribution in [3.63, 3.8) is 0 Å². The van der Waals surface area contributed by atoms with Crippen molar-refractivity contribution < 1.29 is 82.9 Å². The topological polar surface area (TPSA) is 345 Å². The lowest BCUT2D eigenvalue weighted by Gasteiger charge is -2.29. The highest BCUT2D eigenvalue weighted by molar-refractivity contribution is 7.99. The Balaban J connectivity index is 1.06. The van der Waals surface area contributed by atoms with Gasteiger partial charge in [0.15, 0.2) is 6.04 Å². The van der Waals surface area contributed by atoms with Gasteiger partial charge in [-0.3, -0.25) is 28.5 Å². The Hall–Kier alpha value is -6.97. The van der Waals surface area contributed by atoms with Gasteiger partial charge in [-0.2, -0.15) is 11.8 Å². The second kappa shape index (κ2) is 21.4. The van der Waals surface area contributed by atoms with Crippen LogP contribution in [0.1, 0.15) is 68.2 Å². The summed E-state index contributed by atoms with van der Waals surface area (Å²) in [7, 11) is -4.97. The first kappa shape index (κ1) is 48.1. The molecule has 0 spiro atoms. The number of thioether (sulfide) groups is 1. The average molecular weight is 925 g/mol. The van der Waals surface area contributed by atoms with Gasteiger partial charge in [0.1, 0.15) is 29.0 Å². The van der Waals surface area contributed by atoms with Gasteiger partial charge >= 0.3 is 31.6 Å². The lowest BCUT2D eigenvalue weighted by atomic mass is 9.80. The zero-order chi connectivity index (χ0) is 46.7. The molecule has 338 valence electrons. The predicted octanol–water partition coefficient (Wildman–Crippen LogP) is 3.67. The molecule has 0 saturated carbocycles. The third-order valence-corrected chi connectivity index (χ3v) is 11.5. The number of amides is 3. The second-order valence-electron chi connectivity index (χ2n) is 14.0. The molecule has 23 heteroatoms. The lowest BCUT2D eigenvalue weighted by Crippen LogP contribution is -2.44. The van der Waals surface area contributed by atoms with Gasteiger partial charge in [-0.05, 0) is 53.9 Å². The summed E-state index contributed by atoms with van der Waals surface area (Å²) in [5, 5.41) is 67.0. The number of phenols is 2. The quantitative estimate of drug-likeness (QED) is 0.0348. The summed E-state index contributed by atoms with van der Waals surface area (Å²) in [6.45, 7) is -1.01. The molecule has 0 aliphatic carbocycles. The van der Waals surface area contributed by atoms with E-state index < -0.39 is 80.9 Å². The summed E-state index contributed by atoms with van der Waals surface area (Å²) < 4.78 is 22.9. The highest BCUT2D eigenvalue weighted by Crippen LogP contribution is 2.50. The van der Waals surface area contributed by atoms with E-state index in [2.05, 4.69) is 20.5 Å². The molecule has 0 fully saturated rings. The van der Waals surface area contributed by atoms with Crippen LogP contribution in [-0.2, 0) is 39.6 Å². The van der Waals surface area contributed by atoms with Crippen LogP contribution in [0, 0.1) is 0 Å². The van der Waals surface area contributed by atoms with E-state index in [0.29, 0.717) is 22.3 Å². The molecule has 0 radical (unpaired) electrons. The highest BCUT2D eigenvalue weighted by Gasteiger charge is 2.34. The molecule has 0 saturated heterocycles. The van der Waals surface area contributed by atoms with Gasteiger partial charge in [-0.25, -0.2) is 19.2 Å². The number of fused-ring (bicyclic) bond motifs is 2. The van der Waals surface area contributed by atoms with Crippen LogP contribution in [0.4, 0.5) is 5.69 Å². The van der Waals surface area contributed by atoms with Crippen molar-refractivity contribution in [2.75, 3.05) is 23.4 Å². The molecule has 3 atom stereocenters. The third-order valence-electron chi connectivity index (χ3n) is 9.41. The van der Waals surface area contributed by atoms with Gasteiger partial charge in [-0.1, -0.05) is 30.3 Å². The molecule has 21 nitrogen and oxygen atoms in total. The first-order valence-electron chi connectivity index (χ1n) is 19.0. The maximum atomic E-state index is 12.8.